The summed E-state index contributed by atoms with van der Waals surface area (Å²) in [7, 11) is 1.95. The second-order valence-corrected chi connectivity index (χ2v) is 5.22. The molecule has 1 aromatic carbocycles. The van der Waals surface area contributed by atoms with Gasteiger partial charge in [-0.2, -0.15) is 5.10 Å². The maximum Gasteiger partial charge on any atom is 0.0628 e. The van der Waals surface area contributed by atoms with Crippen molar-refractivity contribution in [3.8, 4) is 0 Å². The topological polar surface area (TPSA) is 17.8 Å². The summed E-state index contributed by atoms with van der Waals surface area (Å²) in [6, 6.07) is 10.6. The van der Waals surface area contributed by atoms with Gasteiger partial charge >= 0.3 is 0 Å². The highest BCUT2D eigenvalue weighted by atomic mass is 35.5. The molecule has 1 heterocycles. The van der Waals surface area contributed by atoms with E-state index in [1.54, 1.807) is 0 Å². The molecular weight excluding hydrogens is 232 g/mol. The molecule has 0 amide bonds. The minimum Gasteiger partial charge on any atom is -0.276 e. The Morgan fingerprint density at radius 1 is 1.35 bits per heavy atom. The summed E-state index contributed by atoms with van der Waals surface area (Å²) in [6.45, 7) is 0. The predicted molar refractivity (Wildman–Crippen MR) is 69.1 cm³/mol. The molecule has 0 saturated heterocycles. The molecule has 0 N–H and O–H groups in total. The van der Waals surface area contributed by atoms with Gasteiger partial charge in [-0.1, -0.05) is 24.3 Å². The summed E-state index contributed by atoms with van der Waals surface area (Å²) in [4.78, 5) is 0. The maximum atomic E-state index is 6.53. The molecular formula is C14H15ClN2. The lowest BCUT2D eigenvalue weighted by Crippen LogP contribution is -2.07. The van der Waals surface area contributed by atoms with E-state index in [-0.39, 0.29) is 5.38 Å². The van der Waals surface area contributed by atoms with Crippen LogP contribution in [0.25, 0.3) is 0 Å². The molecule has 2 nitrogen and oxygen atoms in total. The van der Waals surface area contributed by atoms with Gasteiger partial charge in [0.05, 0.1) is 11.1 Å². The fourth-order valence-corrected chi connectivity index (χ4v) is 3.04. The van der Waals surface area contributed by atoms with E-state index in [9.17, 15) is 0 Å². The molecule has 2 aromatic rings. The van der Waals surface area contributed by atoms with Crippen molar-refractivity contribution in [1.82, 2.24) is 9.78 Å². The summed E-state index contributed by atoms with van der Waals surface area (Å²) in [5.41, 5.74) is 3.83. The molecule has 1 aliphatic rings. The smallest absolute Gasteiger partial charge is 0.0628 e. The lowest BCUT2D eigenvalue weighted by molar-refractivity contribution is 0.531. The van der Waals surface area contributed by atoms with Crippen molar-refractivity contribution in [2.75, 3.05) is 0 Å². The molecule has 3 rings (SSSR count). The number of hydrogen-bond donors (Lipinski definition) is 0. The number of alkyl halides is 1. The monoisotopic (exact) mass is 246 g/mol. The Hall–Kier alpha value is -1.28. The number of aromatic nitrogens is 2. The molecule has 17 heavy (non-hydrogen) atoms. The first-order valence-electron chi connectivity index (χ1n) is 5.94. The average Bonchev–Trinajstić information content (AvgIpc) is 2.86. The van der Waals surface area contributed by atoms with Crippen LogP contribution in [0.3, 0.4) is 0 Å². The lowest BCUT2D eigenvalue weighted by atomic mass is 10.00. The third kappa shape index (κ3) is 1.98. The summed E-state index contributed by atoms with van der Waals surface area (Å²) in [5, 5.41) is 4.56. The highest BCUT2D eigenvalue weighted by molar-refractivity contribution is 6.21. The number of hydrogen-bond acceptors (Lipinski definition) is 1. The van der Waals surface area contributed by atoms with E-state index in [1.807, 2.05) is 17.9 Å². The van der Waals surface area contributed by atoms with Crippen LogP contribution in [-0.4, -0.2) is 9.78 Å². The SMILES string of the molecule is Cn1ccc(CC2Cc3ccccc3C2Cl)n1. The summed E-state index contributed by atoms with van der Waals surface area (Å²) >= 11 is 6.53. The van der Waals surface area contributed by atoms with Gasteiger partial charge in [-0.15, -0.1) is 11.6 Å². The van der Waals surface area contributed by atoms with Crippen LogP contribution in [0.1, 0.15) is 22.2 Å². The molecule has 0 saturated carbocycles. The van der Waals surface area contributed by atoms with Crippen molar-refractivity contribution in [3.05, 3.63) is 53.3 Å². The zero-order chi connectivity index (χ0) is 11.8. The summed E-state index contributed by atoms with van der Waals surface area (Å²) < 4.78 is 1.85. The zero-order valence-corrected chi connectivity index (χ0v) is 10.6. The van der Waals surface area contributed by atoms with Gasteiger partial charge in [0.1, 0.15) is 0 Å². The molecule has 0 spiro atoms. The van der Waals surface area contributed by atoms with Crippen molar-refractivity contribution in [2.24, 2.45) is 13.0 Å². The Labute approximate surface area is 106 Å². The van der Waals surface area contributed by atoms with Crippen LogP contribution >= 0.6 is 11.6 Å². The first-order chi connectivity index (χ1) is 8.24. The summed E-state index contributed by atoms with van der Waals surface area (Å²) in [5.74, 6) is 0.476. The van der Waals surface area contributed by atoms with Crippen LogP contribution in [0.4, 0.5) is 0 Å². The van der Waals surface area contributed by atoms with E-state index >= 15 is 0 Å². The number of aryl methyl sites for hydroxylation is 1. The molecule has 1 aliphatic carbocycles. The molecule has 2 unspecified atom stereocenters. The minimum atomic E-state index is 0.133. The van der Waals surface area contributed by atoms with Crippen molar-refractivity contribution < 1.29 is 0 Å². The van der Waals surface area contributed by atoms with Gasteiger partial charge in [-0.05, 0) is 36.0 Å². The van der Waals surface area contributed by atoms with Gasteiger partial charge in [-0.25, -0.2) is 0 Å². The molecule has 0 fully saturated rings. The normalized spacial score (nSPS) is 22.7. The van der Waals surface area contributed by atoms with Crippen molar-refractivity contribution in [1.29, 1.82) is 0 Å². The van der Waals surface area contributed by atoms with Crippen molar-refractivity contribution >= 4 is 11.6 Å². The second-order valence-electron chi connectivity index (χ2n) is 4.75. The van der Waals surface area contributed by atoms with Crippen LogP contribution in [0.15, 0.2) is 36.5 Å². The second kappa shape index (κ2) is 4.19. The predicted octanol–water partition coefficient (Wildman–Crippen LogP) is 3.12. The van der Waals surface area contributed by atoms with E-state index in [2.05, 4.69) is 35.4 Å². The van der Waals surface area contributed by atoms with Crippen LogP contribution in [-0.2, 0) is 19.9 Å². The number of halogens is 1. The van der Waals surface area contributed by atoms with Crippen LogP contribution in [0.2, 0.25) is 0 Å². The Morgan fingerprint density at radius 3 is 2.88 bits per heavy atom. The molecule has 2 atom stereocenters. The quantitative estimate of drug-likeness (QED) is 0.745. The number of rotatable bonds is 2. The minimum absolute atomic E-state index is 0.133. The first kappa shape index (κ1) is 10.8. The third-order valence-electron chi connectivity index (χ3n) is 3.49. The van der Waals surface area contributed by atoms with Gasteiger partial charge in [-0.3, -0.25) is 4.68 Å². The first-order valence-corrected chi connectivity index (χ1v) is 6.38. The molecule has 88 valence electrons. The highest BCUT2D eigenvalue weighted by Crippen LogP contribution is 2.41. The van der Waals surface area contributed by atoms with Gasteiger partial charge in [0.25, 0.3) is 0 Å². The third-order valence-corrected chi connectivity index (χ3v) is 4.08. The van der Waals surface area contributed by atoms with Gasteiger partial charge in [0.2, 0.25) is 0 Å². The van der Waals surface area contributed by atoms with E-state index < -0.39 is 0 Å². The molecule has 1 aromatic heterocycles. The highest BCUT2D eigenvalue weighted by Gasteiger charge is 2.30. The van der Waals surface area contributed by atoms with Crippen molar-refractivity contribution in [2.45, 2.75) is 18.2 Å². The molecule has 0 aliphatic heterocycles. The number of fused-ring (bicyclic) bond motifs is 1. The van der Waals surface area contributed by atoms with Crippen LogP contribution in [0, 0.1) is 5.92 Å². The average molecular weight is 247 g/mol. The molecule has 3 heteroatoms. The van der Waals surface area contributed by atoms with E-state index in [4.69, 9.17) is 11.6 Å². The van der Waals surface area contributed by atoms with Gasteiger partial charge in [0, 0.05) is 13.2 Å². The Bertz CT molecular complexity index is 533. The lowest BCUT2D eigenvalue weighted by Gasteiger charge is -2.12. The zero-order valence-electron chi connectivity index (χ0n) is 9.81. The Morgan fingerprint density at radius 2 is 2.18 bits per heavy atom. The molecule has 0 radical (unpaired) electrons. The fourth-order valence-electron chi connectivity index (χ4n) is 2.65. The van der Waals surface area contributed by atoms with Crippen molar-refractivity contribution in [3.63, 3.8) is 0 Å². The Balaban J connectivity index is 1.80. The van der Waals surface area contributed by atoms with Crippen LogP contribution in [0.5, 0.6) is 0 Å². The van der Waals surface area contributed by atoms with E-state index in [0.717, 1.165) is 18.5 Å². The van der Waals surface area contributed by atoms with Gasteiger partial charge in [0.15, 0.2) is 0 Å². The van der Waals surface area contributed by atoms with E-state index in [0.29, 0.717) is 5.92 Å². The fraction of sp³-hybridized carbons (Fsp3) is 0.357. The standard InChI is InChI=1S/C14H15ClN2/c1-17-7-6-12(16-17)9-11-8-10-4-2-3-5-13(10)14(11)15/h2-7,11,14H,8-9H2,1H3. The van der Waals surface area contributed by atoms with Gasteiger partial charge < -0.3 is 0 Å². The molecule has 0 bridgehead atoms. The number of nitrogens with zero attached hydrogens (tertiary/aromatic N) is 2. The largest absolute Gasteiger partial charge is 0.276 e. The summed E-state index contributed by atoms with van der Waals surface area (Å²) in [6.07, 6.45) is 4.02. The van der Waals surface area contributed by atoms with Crippen LogP contribution < -0.4 is 0 Å². The number of benzene rings is 1. The maximum absolute atomic E-state index is 6.53. The van der Waals surface area contributed by atoms with E-state index in [1.165, 1.54) is 11.1 Å². The Kier molecular flexibility index (Phi) is 2.67.